The number of para-hydroxylation sites is 2. The topological polar surface area (TPSA) is 30.5 Å². The zero-order chi connectivity index (χ0) is 12.6. The number of ether oxygens (including phenoxy) is 2. The molecule has 1 heterocycles. The van der Waals surface area contributed by atoms with Gasteiger partial charge in [-0.25, -0.2) is 0 Å². The van der Waals surface area contributed by atoms with E-state index in [4.69, 9.17) is 9.47 Å². The Morgan fingerprint density at radius 1 is 1.11 bits per heavy atom. The van der Waals surface area contributed by atoms with Crippen LogP contribution in [0.3, 0.4) is 0 Å². The fraction of sp³-hybridized carbons (Fsp3) is 0.286. The van der Waals surface area contributed by atoms with Gasteiger partial charge in [-0.3, -0.25) is 0 Å². The van der Waals surface area contributed by atoms with Crippen LogP contribution in [0, 0.1) is 0 Å². The standard InChI is InChI=1S/C14H17NO2S/c1-16-13-6-2-3-7-14(13)17-9-8-15-11-12-5-4-10-18-12/h2-7,10,15H,8-9,11H2,1H3. The SMILES string of the molecule is COc1ccccc1OCCNCc1cccs1. The largest absolute Gasteiger partial charge is 0.493 e. The maximum Gasteiger partial charge on any atom is 0.161 e. The van der Waals surface area contributed by atoms with Crippen molar-refractivity contribution in [3.8, 4) is 11.5 Å². The van der Waals surface area contributed by atoms with E-state index in [1.54, 1.807) is 18.4 Å². The fourth-order valence-corrected chi connectivity index (χ4v) is 2.27. The van der Waals surface area contributed by atoms with Gasteiger partial charge in [-0.1, -0.05) is 18.2 Å². The van der Waals surface area contributed by atoms with Gasteiger partial charge in [0, 0.05) is 18.0 Å². The van der Waals surface area contributed by atoms with Gasteiger partial charge >= 0.3 is 0 Å². The summed E-state index contributed by atoms with van der Waals surface area (Å²) in [6.07, 6.45) is 0. The van der Waals surface area contributed by atoms with Crippen LogP contribution in [0.2, 0.25) is 0 Å². The van der Waals surface area contributed by atoms with Crippen molar-refractivity contribution in [3.05, 3.63) is 46.7 Å². The van der Waals surface area contributed by atoms with Crippen molar-refractivity contribution in [1.82, 2.24) is 5.32 Å². The molecule has 18 heavy (non-hydrogen) atoms. The molecule has 0 amide bonds. The summed E-state index contributed by atoms with van der Waals surface area (Å²) < 4.78 is 10.9. The predicted octanol–water partition coefficient (Wildman–Crippen LogP) is 2.93. The fourth-order valence-electron chi connectivity index (χ4n) is 1.60. The van der Waals surface area contributed by atoms with Gasteiger partial charge < -0.3 is 14.8 Å². The third-order valence-electron chi connectivity index (χ3n) is 2.48. The summed E-state index contributed by atoms with van der Waals surface area (Å²) in [5, 5.41) is 5.43. The first kappa shape index (κ1) is 12.9. The third-order valence-corrected chi connectivity index (χ3v) is 3.36. The maximum atomic E-state index is 5.66. The van der Waals surface area contributed by atoms with Crippen LogP contribution in [0.15, 0.2) is 41.8 Å². The Morgan fingerprint density at radius 2 is 1.94 bits per heavy atom. The van der Waals surface area contributed by atoms with Gasteiger partial charge in [0.05, 0.1) is 7.11 Å². The molecule has 4 heteroatoms. The molecule has 1 aromatic carbocycles. The highest BCUT2D eigenvalue weighted by Crippen LogP contribution is 2.25. The number of hydrogen-bond donors (Lipinski definition) is 1. The van der Waals surface area contributed by atoms with E-state index >= 15 is 0 Å². The summed E-state index contributed by atoms with van der Waals surface area (Å²) in [5.41, 5.74) is 0. The Balaban J connectivity index is 1.69. The van der Waals surface area contributed by atoms with Crippen LogP contribution in [0.1, 0.15) is 4.88 Å². The van der Waals surface area contributed by atoms with Gasteiger partial charge in [0.1, 0.15) is 6.61 Å². The number of hydrogen-bond acceptors (Lipinski definition) is 4. The van der Waals surface area contributed by atoms with E-state index in [1.165, 1.54) is 4.88 Å². The molecule has 96 valence electrons. The van der Waals surface area contributed by atoms with Crippen LogP contribution in [0.4, 0.5) is 0 Å². The molecule has 1 aromatic heterocycles. The number of rotatable bonds is 7. The zero-order valence-electron chi connectivity index (χ0n) is 10.4. The van der Waals surface area contributed by atoms with E-state index in [2.05, 4.69) is 22.8 Å². The normalized spacial score (nSPS) is 10.3. The van der Waals surface area contributed by atoms with Crippen molar-refractivity contribution in [1.29, 1.82) is 0 Å². The quantitative estimate of drug-likeness (QED) is 0.779. The summed E-state index contributed by atoms with van der Waals surface area (Å²) in [6, 6.07) is 11.9. The molecule has 2 rings (SSSR count). The van der Waals surface area contributed by atoms with E-state index in [-0.39, 0.29) is 0 Å². The molecular formula is C14H17NO2S. The van der Waals surface area contributed by atoms with Crippen LogP contribution >= 0.6 is 11.3 Å². The summed E-state index contributed by atoms with van der Waals surface area (Å²) in [6.45, 7) is 2.34. The molecule has 0 saturated heterocycles. The molecule has 0 aliphatic carbocycles. The zero-order valence-corrected chi connectivity index (χ0v) is 11.2. The Morgan fingerprint density at radius 3 is 2.67 bits per heavy atom. The van der Waals surface area contributed by atoms with Crippen LogP contribution in [-0.4, -0.2) is 20.3 Å². The Kier molecular flexibility index (Phi) is 5.05. The lowest BCUT2D eigenvalue weighted by Gasteiger charge is -2.10. The van der Waals surface area contributed by atoms with Crippen LogP contribution in [-0.2, 0) is 6.54 Å². The first-order valence-corrected chi connectivity index (χ1v) is 6.77. The Hall–Kier alpha value is -1.52. The van der Waals surface area contributed by atoms with Crippen LogP contribution in [0.25, 0.3) is 0 Å². The van der Waals surface area contributed by atoms with Crippen molar-refractivity contribution in [2.75, 3.05) is 20.3 Å². The number of methoxy groups -OCH3 is 1. The minimum atomic E-state index is 0.631. The van der Waals surface area contributed by atoms with E-state index in [0.717, 1.165) is 24.6 Å². The molecule has 2 aromatic rings. The summed E-state index contributed by atoms with van der Waals surface area (Å²) in [7, 11) is 1.65. The number of thiophene rings is 1. The molecule has 0 aliphatic heterocycles. The average molecular weight is 263 g/mol. The van der Waals surface area contributed by atoms with E-state index in [0.29, 0.717) is 6.61 Å². The lowest BCUT2D eigenvalue weighted by Crippen LogP contribution is -2.20. The molecule has 0 bridgehead atoms. The van der Waals surface area contributed by atoms with Crippen LogP contribution < -0.4 is 14.8 Å². The highest BCUT2D eigenvalue weighted by Gasteiger charge is 2.01. The first-order chi connectivity index (χ1) is 8.90. The second-order valence-corrected chi connectivity index (χ2v) is 4.79. The molecule has 0 aliphatic rings. The van der Waals surface area contributed by atoms with Gasteiger partial charge in [-0.05, 0) is 23.6 Å². The minimum absolute atomic E-state index is 0.631. The van der Waals surface area contributed by atoms with Gasteiger partial charge in [0.25, 0.3) is 0 Å². The summed E-state index contributed by atoms with van der Waals surface area (Å²) in [5.74, 6) is 1.56. The van der Waals surface area contributed by atoms with E-state index in [1.807, 2.05) is 24.3 Å². The molecule has 0 atom stereocenters. The predicted molar refractivity (Wildman–Crippen MR) is 74.5 cm³/mol. The lowest BCUT2D eigenvalue weighted by atomic mass is 10.3. The third kappa shape index (κ3) is 3.75. The second-order valence-electron chi connectivity index (χ2n) is 3.76. The average Bonchev–Trinajstić information content (AvgIpc) is 2.92. The molecule has 0 spiro atoms. The molecule has 3 nitrogen and oxygen atoms in total. The molecule has 0 unspecified atom stereocenters. The Labute approximate surface area is 111 Å². The molecular weight excluding hydrogens is 246 g/mol. The lowest BCUT2D eigenvalue weighted by molar-refractivity contribution is 0.292. The monoisotopic (exact) mass is 263 g/mol. The highest BCUT2D eigenvalue weighted by atomic mass is 32.1. The smallest absolute Gasteiger partial charge is 0.161 e. The van der Waals surface area contributed by atoms with Gasteiger partial charge in [-0.2, -0.15) is 0 Å². The second kappa shape index (κ2) is 7.03. The molecule has 0 radical (unpaired) electrons. The number of nitrogens with one attached hydrogen (secondary N) is 1. The maximum absolute atomic E-state index is 5.66. The van der Waals surface area contributed by atoms with Crippen LogP contribution in [0.5, 0.6) is 11.5 Å². The highest BCUT2D eigenvalue weighted by molar-refractivity contribution is 7.09. The van der Waals surface area contributed by atoms with Crippen molar-refractivity contribution in [3.63, 3.8) is 0 Å². The van der Waals surface area contributed by atoms with Gasteiger partial charge in [0.2, 0.25) is 0 Å². The number of benzene rings is 1. The van der Waals surface area contributed by atoms with Crippen molar-refractivity contribution in [2.45, 2.75) is 6.54 Å². The van der Waals surface area contributed by atoms with Crippen molar-refractivity contribution >= 4 is 11.3 Å². The van der Waals surface area contributed by atoms with Gasteiger partial charge in [-0.15, -0.1) is 11.3 Å². The van der Waals surface area contributed by atoms with Gasteiger partial charge in [0.15, 0.2) is 11.5 Å². The summed E-state index contributed by atoms with van der Waals surface area (Å²) >= 11 is 1.76. The molecule has 0 saturated carbocycles. The van der Waals surface area contributed by atoms with Crippen molar-refractivity contribution in [2.24, 2.45) is 0 Å². The van der Waals surface area contributed by atoms with E-state index < -0.39 is 0 Å². The minimum Gasteiger partial charge on any atom is -0.493 e. The van der Waals surface area contributed by atoms with Crippen molar-refractivity contribution < 1.29 is 9.47 Å². The van der Waals surface area contributed by atoms with E-state index in [9.17, 15) is 0 Å². The summed E-state index contributed by atoms with van der Waals surface area (Å²) in [4.78, 5) is 1.34. The Bertz CT molecular complexity index is 457. The first-order valence-electron chi connectivity index (χ1n) is 5.89. The molecule has 0 fully saturated rings. The molecule has 1 N–H and O–H groups in total.